The quantitative estimate of drug-likeness (QED) is 0.647. The summed E-state index contributed by atoms with van der Waals surface area (Å²) in [5.41, 5.74) is 2.95. The Kier molecular flexibility index (Phi) is 2.67. The van der Waals surface area contributed by atoms with Gasteiger partial charge in [-0.15, -0.1) is 0 Å². The predicted molar refractivity (Wildman–Crippen MR) is 76.4 cm³/mol. The molecule has 0 N–H and O–H groups in total. The highest BCUT2D eigenvalue weighted by atomic mass is 28.3. The van der Waals surface area contributed by atoms with Gasteiger partial charge < -0.3 is 0 Å². The van der Waals surface area contributed by atoms with Gasteiger partial charge in [-0.2, -0.15) is 0 Å². The summed E-state index contributed by atoms with van der Waals surface area (Å²) in [6, 6.07) is 11.1. The number of fused-ring (bicyclic) bond motifs is 1. The van der Waals surface area contributed by atoms with Gasteiger partial charge in [0.1, 0.15) is 0 Å². The number of hydrogen-bond donors (Lipinski definition) is 0. The van der Waals surface area contributed by atoms with Crippen LogP contribution in [-0.4, -0.2) is 8.07 Å². The lowest BCUT2D eigenvalue weighted by molar-refractivity contribution is 1.39. The molecule has 1 heteroatoms. The number of hydrogen-bond acceptors (Lipinski definition) is 0. The van der Waals surface area contributed by atoms with E-state index in [0.717, 1.165) is 0 Å². The highest BCUT2D eigenvalue weighted by Crippen LogP contribution is 2.22. The standard InChI is InChI=1S/C15H20Si/c1-11-12(2)15(16(3,4)5)10-13-8-6-7-9-14(11)13/h6-10H,1-5H3. The molecule has 0 radical (unpaired) electrons. The van der Waals surface area contributed by atoms with Gasteiger partial charge in [-0.05, 0) is 35.7 Å². The Morgan fingerprint density at radius 3 is 2.12 bits per heavy atom. The summed E-state index contributed by atoms with van der Waals surface area (Å²) >= 11 is 0. The summed E-state index contributed by atoms with van der Waals surface area (Å²) in [6.45, 7) is 11.8. The minimum Gasteiger partial charge on any atom is -0.0656 e. The zero-order valence-electron chi connectivity index (χ0n) is 10.9. The minimum atomic E-state index is -1.23. The molecule has 0 heterocycles. The fourth-order valence-corrected chi connectivity index (χ4v) is 4.31. The molecular formula is C15H20Si. The van der Waals surface area contributed by atoms with Gasteiger partial charge in [-0.25, -0.2) is 0 Å². The van der Waals surface area contributed by atoms with E-state index >= 15 is 0 Å². The maximum atomic E-state index is 2.42. The zero-order valence-corrected chi connectivity index (χ0v) is 11.9. The molecule has 0 bridgehead atoms. The van der Waals surface area contributed by atoms with Crippen LogP contribution in [0.5, 0.6) is 0 Å². The molecule has 0 aliphatic rings. The first-order valence-electron chi connectivity index (χ1n) is 5.90. The van der Waals surface area contributed by atoms with Gasteiger partial charge in [-0.1, -0.05) is 55.2 Å². The maximum Gasteiger partial charge on any atom is 0.0779 e. The van der Waals surface area contributed by atoms with Crippen LogP contribution in [0.15, 0.2) is 30.3 Å². The molecule has 2 aromatic rings. The number of rotatable bonds is 1. The van der Waals surface area contributed by atoms with E-state index in [0.29, 0.717) is 0 Å². The Hall–Kier alpha value is -1.08. The molecule has 0 atom stereocenters. The predicted octanol–water partition coefficient (Wildman–Crippen LogP) is 4.00. The lowest BCUT2D eigenvalue weighted by atomic mass is 10.0. The van der Waals surface area contributed by atoms with E-state index in [1.807, 2.05) is 0 Å². The summed E-state index contributed by atoms with van der Waals surface area (Å²) in [5, 5.41) is 4.40. The van der Waals surface area contributed by atoms with E-state index in [1.165, 1.54) is 21.9 Å². The molecule has 0 aromatic heterocycles. The lowest BCUT2D eigenvalue weighted by Crippen LogP contribution is -2.39. The molecule has 2 aromatic carbocycles. The van der Waals surface area contributed by atoms with Crippen LogP contribution < -0.4 is 5.19 Å². The molecule has 0 nitrogen and oxygen atoms in total. The van der Waals surface area contributed by atoms with E-state index in [-0.39, 0.29) is 0 Å². The third-order valence-electron chi connectivity index (χ3n) is 3.44. The summed E-state index contributed by atoms with van der Waals surface area (Å²) in [5.74, 6) is 0. The zero-order chi connectivity index (χ0) is 11.9. The topological polar surface area (TPSA) is 0 Å². The van der Waals surface area contributed by atoms with Crippen molar-refractivity contribution in [3.63, 3.8) is 0 Å². The lowest BCUT2D eigenvalue weighted by Gasteiger charge is -2.22. The van der Waals surface area contributed by atoms with Crippen molar-refractivity contribution in [2.45, 2.75) is 33.5 Å². The van der Waals surface area contributed by atoms with E-state index in [4.69, 9.17) is 0 Å². The normalized spacial score (nSPS) is 12.1. The van der Waals surface area contributed by atoms with Gasteiger partial charge in [0.25, 0.3) is 0 Å². The molecule has 0 aliphatic heterocycles. The Labute approximate surface area is 99.3 Å². The second-order valence-electron chi connectivity index (χ2n) is 5.65. The molecule has 0 unspecified atom stereocenters. The molecule has 0 saturated carbocycles. The highest BCUT2D eigenvalue weighted by molar-refractivity contribution is 6.89. The van der Waals surface area contributed by atoms with E-state index in [2.05, 4.69) is 63.8 Å². The van der Waals surface area contributed by atoms with Gasteiger partial charge in [-0.3, -0.25) is 0 Å². The fraction of sp³-hybridized carbons (Fsp3) is 0.333. The van der Waals surface area contributed by atoms with Gasteiger partial charge in [0, 0.05) is 0 Å². The molecular weight excluding hydrogens is 208 g/mol. The summed E-state index contributed by atoms with van der Waals surface area (Å²) in [7, 11) is -1.23. The van der Waals surface area contributed by atoms with Crippen LogP contribution >= 0.6 is 0 Å². The smallest absolute Gasteiger partial charge is 0.0656 e. The highest BCUT2D eigenvalue weighted by Gasteiger charge is 2.20. The third kappa shape index (κ3) is 1.80. The van der Waals surface area contributed by atoms with Crippen LogP contribution in [0.1, 0.15) is 11.1 Å². The van der Waals surface area contributed by atoms with Gasteiger partial charge in [0.05, 0.1) is 8.07 Å². The largest absolute Gasteiger partial charge is 0.0779 e. The van der Waals surface area contributed by atoms with Crippen molar-refractivity contribution in [1.29, 1.82) is 0 Å². The molecule has 0 spiro atoms. The maximum absolute atomic E-state index is 2.42. The first-order valence-corrected chi connectivity index (χ1v) is 9.40. The Morgan fingerprint density at radius 1 is 0.875 bits per heavy atom. The molecule has 0 fully saturated rings. The Morgan fingerprint density at radius 2 is 1.50 bits per heavy atom. The van der Waals surface area contributed by atoms with Crippen molar-refractivity contribution in [3.8, 4) is 0 Å². The van der Waals surface area contributed by atoms with Crippen molar-refractivity contribution in [1.82, 2.24) is 0 Å². The second-order valence-corrected chi connectivity index (χ2v) is 10.7. The van der Waals surface area contributed by atoms with Crippen LogP contribution in [0, 0.1) is 13.8 Å². The average molecular weight is 228 g/mol. The molecule has 84 valence electrons. The van der Waals surface area contributed by atoms with Gasteiger partial charge in [0.2, 0.25) is 0 Å². The fourth-order valence-electron chi connectivity index (χ4n) is 2.41. The van der Waals surface area contributed by atoms with E-state index in [9.17, 15) is 0 Å². The molecule has 0 aliphatic carbocycles. The number of benzene rings is 2. The first-order chi connectivity index (χ1) is 7.41. The van der Waals surface area contributed by atoms with Crippen LogP contribution in [0.25, 0.3) is 10.8 Å². The van der Waals surface area contributed by atoms with Crippen LogP contribution in [0.2, 0.25) is 19.6 Å². The SMILES string of the molecule is Cc1c([Si](C)(C)C)cc2ccccc2c1C. The van der Waals surface area contributed by atoms with E-state index in [1.54, 1.807) is 5.19 Å². The van der Waals surface area contributed by atoms with Crippen molar-refractivity contribution in [2.75, 3.05) is 0 Å². The Bertz CT molecular complexity index is 533. The summed E-state index contributed by atoms with van der Waals surface area (Å²) in [4.78, 5) is 0. The van der Waals surface area contributed by atoms with Crippen molar-refractivity contribution < 1.29 is 0 Å². The van der Waals surface area contributed by atoms with Gasteiger partial charge >= 0.3 is 0 Å². The summed E-state index contributed by atoms with van der Waals surface area (Å²) < 4.78 is 0. The average Bonchev–Trinajstić information content (AvgIpc) is 2.22. The van der Waals surface area contributed by atoms with E-state index < -0.39 is 8.07 Å². The van der Waals surface area contributed by atoms with Gasteiger partial charge in [0.15, 0.2) is 0 Å². The first kappa shape index (κ1) is 11.4. The third-order valence-corrected chi connectivity index (χ3v) is 5.57. The van der Waals surface area contributed by atoms with Crippen molar-refractivity contribution in [3.05, 3.63) is 41.5 Å². The summed E-state index contributed by atoms with van der Waals surface area (Å²) in [6.07, 6.45) is 0. The van der Waals surface area contributed by atoms with Crippen LogP contribution in [-0.2, 0) is 0 Å². The van der Waals surface area contributed by atoms with Crippen LogP contribution in [0.4, 0.5) is 0 Å². The monoisotopic (exact) mass is 228 g/mol. The minimum absolute atomic E-state index is 1.23. The van der Waals surface area contributed by atoms with Crippen molar-refractivity contribution >= 4 is 24.0 Å². The molecule has 2 rings (SSSR count). The van der Waals surface area contributed by atoms with Crippen molar-refractivity contribution in [2.24, 2.45) is 0 Å². The molecule has 16 heavy (non-hydrogen) atoms. The van der Waals surface area contributed by atoms with Crippen LogP contribution in [0.3, 0.4) is 0 Å². The molecule has 0 amide bonds. The number of aryl methyl sites for hydroxylation is 1. The Balaban J connectivity index is 2.84. The second kappa shape index (κ2) is 3.74. The molecule has 0 saturated heterocycles.